The van der Waals surface area contributed by atoms with Gasteiger partial charge in [-0.3, -0.25) is 9.59 Å². The van der Waals surface area contributed by atoms with Crippen LogP contribution in [0, 0.1) is 0 Å². The van der Waals surface area contributed by atoms with Gasteiger partial charge in [-0.25, -0.2) is 0 Å². The molecule has 0 saturated carbocycles. The minimum Gasteiger partial charge on any atom is -0.469 e. The van der Waals surface area contributed by atoms with E-state index in [9.17, 15) is 9.59 Å². The minimum absolute atomic E-state index is 0.253. The summed E-state index contributed by atoms with van der Waals surface area (Å²) in [4.78, 5) is 22.4. The second kappa shape index (κ2) is 8.77. The third kappa shape index (κ3) is 4.79. The van der Waals surface area contributed by atoms with Crippen LogP contribution in [0.25, 0.3) is 11.6 Å². The highest BCUT2D eigenvalue weighted by molar-refractivity contribution is 5.92. The summed E-state index contributed by atoms with van der Waals surface area (Å²) in [6.07, 6.45) is 3.21. The first-order valence-corrected chi connectivity index (χ1v) is 8.68. The van der Waals surface area contributed by atoms with Gasteiger partial charge >= 0.3 is 5.97 Å². The number of methoxy groups -OCH3 is 1. The van der Waals surface area contributed by atoms with Crippen molar-refractivity contribution in [3.8, 4) is 0 Å². The Morgan fingerprint density at radius 2 is 1.41 bits per heavy atom. The Morgan fingerprint density at radius 1 is 0.815 bits per heavy atom. The van der Waals surface area contributed by atoms with E-state index in [4.69, 9.17) is 4.74 Å². The molecule has 0 aromatic heterocycles. The van der Waals surface area contributed by atoms with Crippen LogP contribution in [0.3, 0.4) is 0 Å². The number of rotatable bonds is 6. The van der Waals surface area contributed by atoms with Crippen LogP contribution in [-0.2, 0) is 16.0 Å². The third-order valence-corrected chi connectivity index (χ3v) is 4.31. The van der Waals surface area contributed by atoms with Crippen LogP contribution < -0.4 is 0 Å². The molecule has 3 aromatic carbocycles. The molecular weight excluding hydrogens is 336 g/mol. The standard InChI is InChI=1S/C24H20O3/c1-27-24(26)16-19-7-11-21(12-8-19)23(15-18-5-3-2-4-6-18)22-13-9-20(17-25)10-14-22/h2-15,17H,16H2,1H3/b23-15+. The average molecular weight is 356 g/mol. The number of carbonyl (C=O) groups excluding carboxylic acids is 2. The van der Waals surface area contributed by atoms with Crippen molar-refractivity contribution < 1.29 is 14.3 Å². The molecule has 0 fully saturated rings. The Morgan fingerprint density at radius 3 is 1.96 bits per heavy atom. The van der Waals surface area contributed by atoms with Crippen LogP contribution in [-0.4, -0.2) is 19.4 Å². The fourth-order valence-corrected chi connectivity index (χ4v) is 2.83. The molecule has 134 valence electrons. The summed E-state index contributed by atoms with van der Waals surface area (Å²) >= 11 is 0. The largest absolute Gasteiger partial charge is 0.469 e. The van der Waals surface area contributed by atoms with Gasteiger partial charge < -0.3 is 4.74 Å². The molecule has 3 rings (SSSR count). The quantitative estimate of drug-likeness (QED) is 0.362. The van der Waals surface area contributed by atoms with Crippen LogP contribution in [0.4, 0.5) is 0 Å². The lowest BCUT2D eigenvalue weighted by Gasteiger charge is -2.10. The molecule has 0 heterocycles. The lowest BCUT2D eigenvalue weighted by Crippen LogP contribution is -2.04. The van der Waals surface area contributed by atoms with E-state index >= 15 is 0 Å². The van der Waals surface area contributed by atoms with Crippen molar-refractivity contribution in [1.29, 1.82) is 0 Å². The van der Waals surface area contributed by atoms with Gasteiger partial charge in [-0.15, -0.1) is 0 Å². The fourth-order valence-electron chi connectivity index (χ4n) is 2.83. The molecule has 3 nitrogen and oxygen atoms in total. The van der Waals surface area contributed by atoms with Gasteiger partial charge in [-0.05, 0) is 33.9 Å². The number of benzene rings is 3. The zero-order chi connectivity index (χ0) is 19.1. The Labute approximate surface area is 158 Å². The van der Waals surface area contributed by atoms with E-state index in [1.807, 2.05) is 78.9 Å². The van der Waals surface area contributed by atoms with Crippen molar-refractivity contribution in [2.45, 2.75) is 6.42 Å². The predicted octanol–water partition coefficient (Wildman–Crippen LogP) is 4.80. The van der Waals surface area contributed by atoms with E-state index in [0.717, 1.165) is 34.1 Å². The summed E-state index contributed by atoms with van der Waals surface area (Å²) in [5.41, 5.74) is 5.73. The monoisotopic (exact) mass is 356 g/mol. The first kappa shape index (κ1) is 18.3. The summed E-state index contributed by atoms with van der Waals surface area (Å²) in [5, 5.41) is 0. The molecular formula is C24H20O3. The smallest absolute Gasteiger partial charge is 0.309 e. The maximum absolute atomic E-state index is 11.5. The van der Waals surface area contributed by atoms with E-state index in [-0.39, 0.29) is 12.4 Å². The zero-order valence-electron chi connectivity index (χ0n) is 15.1. The molecule has 0 atom stereocenters. The van der Waals surface area contributed by atoms with Crippen LogP contribution in [0.1, 0.15) is 32.6 Å². The van der Waals surface area contributed by atoms with Gasteiger partial charge in [0.2, 0.25) is 0 Å². The van der Waals surface area contributed by atoms with Crippen molar-refractivity contribution in [3.05, 3.63) is 107 Å². The Hall–Kier alpha value is -3.46. The van der Waals surface area contributed by atoms with Gasteiger partial charge in [0, 0.05) is 5.56 Å². The highest BCUT2D eigenvalue weighted by Crippen LogP contribution is 2.27. The molecule has 0 radical (unpaired) electrons. The molecule has 0 aliphatic carbocycles. The highest BCUT2D eigenvalue weighted by Gasteiger charge is 2.08. The van der Waals surface area contributed by atoms with Crippen molar-refractivity contribution in [3.63, 3.8) is 0 Å². The van der Waals surface area contributed by atoms with Gasteiger partial charge in [-0.2, -0.15) is 0 Å². The number of ether oxygens (including phenoxy) is 1. The number of aldehydes is 1. The molecule has 27 heavy (non-hydrogen) atoms. The predicted molar refractivity (Wildman–Crippen MR) is 107 cm³/mol. The molecule has 0 saturated heterocycles. The second-order valence-corrected chi connectivity index (χ2v) is 6.16. The molecule has 3 aromatic rings. The highest BCUT2D eigenvalue weighted by atomic mass is 16.5. The average Bonchev–Trinajstić information content (AvgIpc) is 2.73. The zero-order valence-corrected chi connectivity index (χ0v) is 15.1. The van der Waals surface area contributed by atoms with Gasteiger partial charge in [0.15, 0.2) is 0 Å². The van der Waals surface area contributed by atoms with Gasteiger partial charge in [-0.1, -0.05) is 78.9 Å². The summed E-state index contributed by atoms with van der Waals surface area (Å²) in [5.74, 6) is -0.257. The molecule has 3 heteroatoms. The fraction of sp³-hybridized carbons (Fsp3) is 0.0833. The summed E-state index contributed by atoms with van der Waals surface area (Å²) in [7, 11) is 1.39. The normalized spacial score (nSPS) is 11.1. The first-order valence-electron chi connectivity index (χ1n) is 8.68. The van der Waals surface area contributed by atoms with Gasteiger partial charge in [0.25, 0.3) is 0 Å². The summed E-state index contributed by atoms with van der Waals surface area (Å²) in [6, 6.07) is 25.5. The first-order chi connectivity index (χ1) is 13.2. The number of hydrogen-bond acceptors (Lipinski definition) is 3. The van der Waals surface area contributed by atoms with Crippen molar-refractivity contribution >= 4 is 23.9 Å². The molecule has 0 aliphatic heterocycles. The van der Waals surface area contributed by atoms with Crippen molar-refractivity contribution in [1.82, 2.24) is 0 Å². The van der Waals surface area contributed by atoms with E-state index in [2.05, 4.69) is 6.08 Å². The topological polar surface area (TPSA) is 43.4 Å². The molecule has 0 aliphatic rings. The molecule has 0 N–H and O–H groups in total. The second-order valence-electron chi connectivity index (χ2n) is 6.16. The maximum atomic E-state index is 11.5. The van der Waals surface area contributed by atoms with E-state index in [1.54, 1.807) is 0 Å². The SMILES string of the molecule is COC(=O)Cc1ccc(/C(=C\c2ccccc2)c2ccc(C=O)cc2)cc1. The molecule has 0 bridgehead atoms. The Balaban J connectivity index is 2.00. The Kier molecular flexibility index (Phi) is 5.95. The third-order valence-electron chi connectivity index (χ3n) is 4.31. The molecule has 0 spiro atoms. The van der Waals surface area contributed by atoms with E-state index in [1.165, 1.54) is 7.11 Å². The van der Waals surface area contributed by atoms with Crippen LogP contribution >= 0.6 is 0 Å². The number of carbonyl (C=O) groups is 2. The van der Waals surface area contributed by atoms with Crippen LogP contribution in [0.2, 0.25) is 0 Å². The van der Waals surface area contributed by atoms with Crippen LogP contribution in [0.5, 0.6) is 0 Å². The number of hydrogen-bond donors (Lipinski definition) is 0. The van der Waals surface area contributed by atoms with Crippen molar-refractivity contribution in [2.75, 3.05) is 7.11 Å². The summed E-state index contributed by atoms with van der Waals surface area (Å²) in [6.45, 7) is 0. The van der Waals surface area contributed by atoms with Crippen molar-refractivity contribution in [2.24, 2.45) is 0 Å². The van der Waals surface area contributed by atoms with E-state index < -0.39 is 0 Å². The lowest BCUT2D eigenvalue weighted by molar-refractivity contribution is -0.139. The van der Waals surface area contributed by atoms with Crippen LogP contribution in [0.15, 0.2) is 78.9 Å². The van der Waals surface area contributed by atoms with Gasteiger partial charge in [0.05, 0.1) is 13.5 Å². The van der Waals surface area contributed by atoms with Gasteiger partial charge in [0.1, 0.15) is 6.29 Å². The molecule has 0 amide bonds. The number of esters is 1. The lowest BCUT2D eigenvalue weighted by atomic mass is 9.94. The van der Waals surface area contributed by atoms with E-state index in [0.29, 0.717) is 5.56 Å². The minimum atomic E-state index is -0.257. The Bertz CT molecular complexity index is 937. The molecule has 0 unspecified atom stereocenters. The summed E-state index contributed by atoms with van der Waals surface area (Å²) < 4.78 is 4.72. The maximum Gasteiger partial charge on any atom is 0.309 e.